The summed E-state index contributed by atoms with van der Waals surface area (Å²) in [6, 6.07) is 6.84. The molecule has 1 aliphatic rings. The third-order valence-corrected chi connectivity index (χ3v) is 3.09. The van der Waals surface area contributed by atoms with Crippen molar-refractivity contribution in [2.24, 2.45) is 0 Å². The Bertz CT molecular complexity index is 325. The standard InChI is InChI=1S/C12H16FNO/c1-9(14-7-6-12(15)8-14)10-2-4-11(13)5-3-10/h2-5,9,12,15H,6-8H2,1H3/t9-,12-/m0/s1. The lowest BCUT2D eigenvalue weighted by Gasteiger charge is -2.24. The topological polar surface area (TPSA) is 23.5 Å². The number of aliphatic hydroxyl groups is 1. The van der Waals surface area contributed by atoms with Crippen molar-refractivity contribution in [2.45, 2.75) is 25.5 Å². The highest BCUT2D eigenvalue weighted by atomic mass is 19.1. The van der Waals surface area contributed by atoms with Gasteiger partial charge in [-0.15, -0.1) is 0 Å². The quantitative estimate of drug-likeness (QED) is 0.804. The first-order valence-electron chi connectivity index (χ1n) is 5.34. The Kier molecular flexibility index (Phi) is 3.03. The molecule has 1 saturated heterocycles. The molecule has 0 aliphatic carbocycles. The smallest absolute Gasteiger partial charge is 0.123 e. The van der Waals surface area contributed by atoms with E-state index in [0.717, 1.165) is 25.1 Å². The van der Waals surface area contributed by atoms with Crippen molar-refractivity contribution in [1.29, 1.82) is 0 Å². The predicted octanol–water partition coefficient (Wildman–Crippen LogP) is 1.95. The van der Waals surface area contributed by atoms with E-state index in [-0.39, 0.29) is 18.0 Å². The van der Waals surface area contributed by atoms with Gasteiger partial charge < -0.3 is 5.11 Å². The van der Waals surface area contributed by atoms with Crippen LogP contribution in [0.4, 0.5) is 4.39 Å². The first-order chi connectivity index (χ1) is 7.16. The molecule has 3 heteroatoms. The third-order valence-electron chi connectivity index (χ3n) is 3.09. The number of hydrogen-bond acceptors (Lipinski definition) is 2. The molecule has 0 aromatic heterocycles. The van der Waals surface area contributed by atoms with Gasteiger partial charge in [0.1, 0.15) is 5.82 Å². The number of hydrogen-bond donors (Lipinski definition) is 1. The molecular formula is C12H16FNO. The van der Waals surface area contributed by atoms with Crippen LogP contribution in [0, 0.1) is 5.82 Å². The summed E-state index contributed by atoms with van der Waals surface area (Å²) in [6.07, 6.45) is 0.638. The van der Waals surface area contributed by atoms with E-state index in [0.29, 0.717) is 0 Å². The van der Waals surface area contributed by atoms with Crippen LogP contribution in [0.5, 0.6) is 0 Å². The van der Waals surface area contributed by atoms with Gasteiger partial charge in [-0.05, 0) is 31.0 Å². The van der Waals surface area contributed by atoms with Gasteiger partial charge in [0.05, 0.1) is 6.10 Å². The molecule has 1 aromatic carbocycles. The number of rotatable bonds is 2. The van der Waals surface area contributed by atoms with Gasteiger partial charge in [-0.25, -0.2) is 4.39 Å². The van der Waals surface area contributed by atoms with Crippen LogP contribution in [-0.2, 0) is 0 Å². The molecule has 1 heterocycles. The minimum atomic E-state index is -0.201. The molecule has 2 rings (SSSR count). The van der Waals surface area contributed by atoms with Crippen molar-refractivity contribution in [1.82, 2.24) is 4.90 Å². The molecule has 1 aromatic rings. The van der Waals surface area contributed by atoms with E-state index in [1.54, 1.807) is 0 Å². The number of aliphatic hydroxyl groups excluding tert-OH is 1. The van der Waals surface area contributed by atoms with Crippen LogP contribution in [0.1, 0.15) is 24.9 Å². The number of benzene rings is 1. The first-order valence-corrected chi connectivity index (χ1v) is 5.34. The summed E-state index contributed by atoms with van der Waals surface area (Å²) in [6.45, 7) is 3.73. The second kappa shape index (κ2) is 4.29. The number of nitrogens with zero attached hydrogens (tertiary/aromatic N) is 1. The van der Waals surface area contributed by atoms with Gasteiger partial charge in [0, 0.05) is 19.1 Å². The van der Waals surface area contributed by atoms with Crippen LogP contribution in [0.3, 0.4) is 0 Å². The average molecular weight is 209 g/mol. The average Bonchev–Trinajstić information content (AvgIpc) is 2.65. The molecule has 0 bridgehead atoms. The minimum absolute atomic E-state index is 0.201. The molecule has 0 spiro atoms. The van der Waals surface area contributed by atoms with Crippen molar-refractivity contribution in [2.75, 3.05) is 13.1 Å². The van der Waals surface area contributed by atoms with E-state index in [1.807, 2.05) is 12.1 Å². The van der Waals surface area contributed by atoms with Crippen LogP contribution in [0.2, 0.25) is 0 Å². The molecule has 1 aliphatic heterocycles. The molecule has 1 N–H and O–H groups in total. The van der Waals surface area contributed by atoms with Gasteiger partial charge in [-0.3, -0.25) is 4.90 Å². The summed E-state index contributed by atoms with van der Waals surface area (Å²) in [5, 5.41) is 9.44. The summed E-state index contributed by atoms with van der Waals surface area (Å²) in [4.78, 5) is 2.22. The fourth-order valence-corrected chi connectivity index (χ4v) is 2.07. The third kappa shape index (κ3) is 2.36. The molecule has 2 atom stereocenters. The summed E-state index contributed by atoms with van der Waals surface area (Å²) >= 11 is 0. The van der Waals surface area contributed by atoms with Crippen molar-refractivity contribution >= 4 is 0 Å². The lowest BCUT2D eigenvalue weighted by molar-refractivity contribution is 0.163. The molecular weight excluding hydrogens is 193 g/mol. The first kappa shape index (κ1) is 10.6. The van der Waals surface area contributed by atoms with Gasteiger partial charge in [-0.1, -0.05) is 12.1 Å². The monoisotopic (exact) mass is 209 g/mol. The SMILES string of the molecule is C[C@@H](c1ccc(F)cc1)N1CC[C@H](O)C1. The second-order valence-electron chi connectivity index (χ2n) is 4.16. The van der Waals surface area contributed by atoms with Gasteiger partial charge in [-0.2, -0.15) is 0 Å². The Labute approximate surface area is 89.3 Å². The fourth-order valence-electron chi connectivity index (χ4n) is 2.07. The van der Waals surface area contributed by atoms with Crippen molar-refractivity contribution in [3.05, 3.63) is 35.6 Å². The Hall–Kier alpha value is -0.930. The van der Waals surface area contributed by atoms with E-state index in [4.69, 9.17) is 0 Å². The summed E-state index contributed by atoms with van der Waals surface area (Å²) < 4.78 is 12.7. The normalized spacial score (nSPS) is 24.3. The van der Waals surface area contributed by atoms with Crippen LogP contribution >= 0.6 is 0 Å². The van der Waals surface area contributed by atoms with E-state index < -0.39 is 0 Å². The summed E-state index contributed by atoms with van der Waals surface area (Å²) in [5.74, 6) is -0.201. The summed E-state index contributed by atoms with van der Waals surface area (Å²) in [5.41, 5.74) is 1.10. The number of likely N-dealkylation sites (tertiary alicyclic amines) is 1. The lowest BCUT2D eigenvalue weighted by Crippen LogP contribution is -2.25. The molecule has 15 heavy (non-hydrogen) atoms. The number of halogens is 1. The van der Waals surface area contributed by atoms with E-state index in [9.17, 15) is 9.50 Å². The maximum Gasteiger partial charge on any atom is 0.123 e. The van der Waals surface area contributed by atoms with Gasteiger partial charge in [0.15, 0.2) is 0 Å². The zero-order chi connectivity index (χ0) is 10.8. The van der Waals surface area contributed by atoms with Crippen LogP contribution in [-0.4, -0.2) is 29.2 Å². The highest BCUT2D eigenvalue weighted by Crippen LogP contribution is 2.24. The lowest BCUT2D eigenvalue weighted by atomic mass is 10.1. The van der Waals surface area contributed by atoms with E-state index in [1.165, 1.54) is 12.1 Å². The van der Waals surface area contributed by atoms with Crippen LogP contribution < -0.4 is 0 Å². The van der Waals surface area contributed by atoms with Gasteiger partial charge >= 0.3 is 0 Å². The van der Waals surface area contributed by atoms with E-state index >= 15 is 0 Å². The molecule has 0 unspecified atom stereocenters. The maximum absolute atomic E-state index is 12.7. The Balaban J connectivity index is 2.07. The van der Waals surface area contributed by atoms with Gasteiger partial charge in [0.25, 0.3) is 0 Å². The zero-order valence-electron chi connectivity index (χ0n) is 8.86. The van der Waals surface area contributed by atoms with Crippen molar-refractivity contribution in [3.63, 3.8) is 0 Å². The Morgan fingerprint density at radius 2 is 2.07 bits per heavy atom. The molecule has 0 saturated carbocycles. The zero-order valence-corrected chi connectivity index (χ0v) is 8.86. The fraction of sp³-hybridized carbons (Fsp3) is 0.500. The predicted molar refractivity (Wildman–Crippen MR) is 57.0 cm³/mol. The van der Waals surface area contributed by atoms with E-state index in [2.05, 4.69) is 11.8 Å². The largest absolute Gasteiger partial charge is 0.392 e. The molecule has 82 valence electrons. The van der Waals surface area contributed by atoms with Crippen LogP contribution in [0.15, 0.2) is 24.3 Å². The Morgan fingerprint density at radius 3 is 2.60 bits per heavy atom. The Morgan fingerprint density at radius 1 is 1.40 bits per heavy atom. The second-order valence-corrected chi connectivity index (χ2v) is 4.16. The maximum atomic E-state index is 12.7. The van der Waals surface area contributed by atoms with Crippen molar-refractivity contribution < 1.29 is 9.50 Å². The molecule has 0 amide bonds. The summed E-state index contributed by atoms with van der Waals surface area (Å²) in [7, 11) is 0. The van der Waals surface area contributed by atoms with Crippen LogP contribution in [0.25, 0.3) is 0 Å². The van der Waals surface area contributed by atoms with Crippen molar-refractivity contribution in [3.8, 4) is 0 Å². The van der Waals surface area contributed by atoms with Gasteiger partial charge in [0.2, 0.25) is 0 Å². The highest BCUT2D eigenvalue weighted by Gasteiger charge is 2.24. The number of β-amino-alcohol motifs (C(OH)–C–C–N with tert-alkyl or cyclic N) is 1. The molecule has 2 nitrogen and oxygen atoms in total. The highest BCUT2D eigenvalue weighted by molar-refractivity contribution is 5.19. The molecule has 0 radical (unpaired) electrons. The minimum Gasteiger partial charge on any atom is -0.392 e. The molecule has 1 fully saturated rings.